The van der Waals surface area contributed by atoms with Crippen molar-refractivity contribution in [3.63, 3.8) is 0 Å². The highest BCUT2D eigenvalue weighted by Gasteiger charge is 2.16. The van der Waals surface area contributed by atoms with E-state index in [4.69, 9.17) is 0 Å². The SMILES string of the molecule is COC(=O)c1ccc(-n2nnc(CO)c2-c2ccncc2)cc1. The number of aromatic nitrogens is 4. The lowest BCUT2D eigenvalue weighted by Crippen LogP contribution is -2.03. The molecule has 0 saturated carbocycles. The van der Waals surface area contributed by atoms with Crippen molar-refractivity contribution >= 4 is 5.97 Å². The summed E-state index contributed by atoms with van der Waals surface area (Å²) in [6, 6.07) is 10.4. The lowest BCUT2D eigenvalue weighted by atomic mass is 10.1. The number of aliphatic hydroxyl groups excluding tert-OH is 1. The fourth-order valence-electron chi connectivity index (χ4n) is 2.26. The number of pyridine rings is 1. The first-order valence-corrected chi connectivity index (χ1v) is 6.89. The van der Waals surface area contributed by atoms with E-state index in [1.807, 2.05) is 12.1 Å². The Bertz CT molecular complexity index is 813. The monoisotopic (exact) mass is 310 g/mol. The maximum Gasteiger partial charge on any atom is 0.337 e. The number of hydrogen-bond acceptors (Lipinski definition) is 6. The van der Waals surface area contributed by atoms with E-state index in [9.17, 15) is 9.90 Å². The summed E-state index contributed by atoms with van der Waals surface area (Å²) >= 11 is 0. The fraction of sp³-hybridized carbons (Fsp3) is 0.125. The minimum absolute atomic E-state index is 0.224. The van der Waals surface area contributed by atoms with Crippen LogP contribution in [0.3, 0.4) is 0 Å². The second-order valence-corrected chi connectivity index (χ2v) is 4.73. The van der Waals surface area contributed by atoms with Gasteiger partial charge in [-0.25, -0.2) is 9.48 Å². The molecular weight excluding hydrogens is 296 g/mol. The Labute approximate surface area is 132 Å². The van der Waals surface area contributed by atoms with Crippen molar-refractivity contribution in [2.45, 2.75) is 6.61 Å². The minimum atomic E-state index is -0.402. The van der Waals surface area contributed by atoms with Crippen LogP contribution >= 0.6 is 0 Å². The zero-order valence-electron chi connectivity index (χ0n) is 12.4. The molecule has 0 radical (unpaired) electrons. The summed E-state index contributed by atoms with van der Waals surface area (Å²) in [4.78, 5) is 15.5. The summed E-state index contributed by atoms with van der Waals surface area (Å²) in [6.45, 7) is -0.224. The van der Waals surface area contributed by atoms with Crippen LogP contribution in [0.1, 0.15) is 16.1 Å². The van der Waals surface area contributed by atoms with Crippen molar-refractivity contribution in [1.82, 2.24) is 20.0 Å². The van der Waals surface area contributed by atoms with Gasteiger partial charge in [0.15, 0.2) is 0 Å². The third-order valence-corrected chi connectivity index (χ3v) is 3.38. The molecule has 23 heavy (non-hydrogen) atoms. The molecule has 2 heterocycles. The highest BCUT2D eigenvalue weighted by Crippen LogP contribution is 2.25. The van der Waals surface area contributed by atoms with Crippen LogP contribution in [0.2, 0.25) is 0 Å². The number of ether oxygens (including phenoxy) is 1. The van der Waals surface area contributed by atoms with Gasteiger partial charge in [0.25, 0.3) is 0 Å². The number of nitrogens with zero attached hydrogens (tertiary/aromatic N) is 4. The summed E-state index contributed by atoms with van der Waals surface area (Å²) in [7, 11) is 1.34. The van der Waals surface area contributed by atoms with Gasteiger partial charge in [-0.3, -0.25) is 4.98 Å². The molecule has 7 nitrogen and oxygen atoms in total. The summed E-state index contributed by atoms with van der Waals surface area (Å²) in [5.74, 6) is -0.402. The van der Waals surface area contributed by atoms with Crippen LogP contribution in [0.25, 0.3) is 16.9 Å². The Hall–Kier alpha value is -3.06. The van der Waals surface area contributed by atoms with E-state index >= 15 is 0 Å². The number of esters is 1. The zero-order chi connectivity index (χ0) is 16.2. The van der Waals surface area contributed by atoms with Gasteiger partial charge >= 0.3 is 5.97 Å². The number of carbonyl (C=O) groups excluding carboxylic acids is 1. The van der Waals surface area contributed by atoms with Crippen LogP contribution in [-0.4, -0.2) is 38.2 Å². The summed E-state index contributed by atoms with van der Waals surface area (Å²) in [5, 5.41) is 17.6. The van der Waals surface area contributed by atoms with Crippen LogP contribution in [0, 0.1) is 0 Å². The first-order valence-electron chi connectivity index (χ1n) is 6.89. The molecule has 116 valence electrons. The maximum atomic E-state index is 11.5. The van der Waals surface area contributed by atoms with Crippen molar-refractivity contribution in [2.75, 3.05) is 7.11 Å². The molecule has 0 spiro atoms. The van der Waals surface area contributed by atoms with Gasteiger partial charge in [-0.1, -0.05) is 5.21 Å². The number of aliphatic hydroxyl groups is 1. The Kier molecular flexibility index (Phi) is 4.11. The van der Waals surface area contributed by atoms with Crippen molar-refractivity contribution in [3.05, 3.63) is 60.0 Å². The van der Waals surface area contributed by atoms with Crippen LogP contribution in [0.4, 0.5) is 0 Å². The number of rotatable bonds is 4. The van der Waals surface area contributed by atoms with Crippen molar-refractivity contribution in [3.8, 4) is 16.9 Å². The van der Waals surface area contributed by atoms with Crippen molar-refractivity contribution in [1.29, 1.82) is 0 Å². The van der Waals surface area contributed by atoms with E-state index in [0.717, 1.165) is 11.3 Å². The Morgan fingerprint density at radius 1 is 1.17 bits per heavy atom. The smallest absolute Gasteiger partial charge is 0.337 e. The van der Waals surface area contributed by atoms with E-state index in [1.165, 1.54) is 7.11 Å². The Balaban J connectivity index is 2.07. The van der Waals surface area contributed by atoms with Crippen LogP contribution in [-0.2, 0) is 11.3 Å². The lowest BCUT2D eigenvalue weighted by Gasteiger charge is -2.08. The Morgan fingerprint density at radius 3 is 2.48 bits per heavy atom. The molecule has 1 aromatic carbocycles. The van der Waals surface area contributed by atoms with Gasteiger partial charge in [-0.15, -0.1) is 5.10 Å². The average Bonchev–Trinajstić information content (AvgIpc) is 3.06. The summed E-state index contributed by atoms with van der Waals surface area (Å²) < 4.78 is 6.30. The maximum absolute atomic E-state index is 11.5. The second kappa shape index (κ2) is 6.37. The fourth-order valence-corrected chi connectivity index (χ4v) is 2.26. The molecule has 0 aliphatic carbocycles. The molecule has 3 aromatic rings. The molecule has 0 amide bonds. The van der Waals surface area contributed by atoms with E-state index < -0.39 is 5.97 Å². The number of carbonyl (C=O) groups is 1. The van der Waals surface area contributed by atoms with E-state index in [2.05, 4.69) is 20.0 Å². The molecule has 0 bridgehead atoms. The predicted molar refractivity (Wildman–Crippen MR) is 81.9 cm³/mol. The van der Waals surface area contributed by atoms with Gasteiger partial charge in [-0.2, -0.15) is 0 Å². The van der Waals surface area contributed by atoms with Gasteiger partial charge < -0.3 is 9.84 Å². The van der Waals surface area contributed by atoms with Crippen LogP contribution in [0.5, 0.6) is 0 Å². The standard InChI is InChI=1S/C16H14N4O3/c1-23-16(22)12-2-4-13(5-3-12)20-15(14(10-21)18-19-20)11-6-8-17-9-7-11/h2-9,21H,10H2,1H3. The molecule has 2 aromatic heterocycles. The first kappa shape index (κ1) is 14.9. The van der Waals surface area contributed by atoms with Gasteiger partial charge in [-0.05, 0) is 36.4 Å². The number of methoxy groups -OCH3 is 1. The molecule has 0 atom stereocenters. The molecule has 3 rings (SSSR count). The quantitative estimate of drug-likeness (QED) is 0.736. The third-order valence-electron chi connectivity index (χ3n) is 3.38. The largest absolute Gasteiger partial charge is 0.465 e. The van der Waals surface area contributed by atoms with Crippen molar-refractivity contribution < 1.29 is 14.6 Å². The highest BCUT2D eigenvalue weighted by atomic mass is 16.5. The summed E-state index contributed by atoms with van der Waals surface area (Å²) in [5.41, 5.74) is 3.15. The van der Waals surface area contributed by atoms with Crippen LogP contribution in [0.15, 0.2) is 48.8 Å². The number of hydrogen-bond donors (Lipinski definition) is 1. The molecule has 0 aliphatic heterocycles. The molecule has 0 fully saturated rings. The molecule has 1 N–H and O–H groups in total. The highest BCUT2D eigenvalue weighted by molar-refractivity contribution is 5.89. The van der Waals surface area contributed by atoms with Gasteiger partial charge in [0.2, 0.25) is 0 Å². The molecule has 7 heteroatoms. The molecule has 0 aliphatic rings. The normalized spacial score (nSPS) is 10.5. The van der Waals surface area contributed by atoms with Gasteiger partial charge in [0.1, 0.15) is 11.4 Å². The van der Waals surface area contributed by atoms with Gasteiger partial charge in [0, 0.05) is 18.0 Å². The minimum Gasteiger partial charge on any atom is -0.465 e. The van der Waals surface area contributed by atoms with E-state index in [-0.39, 0.29) is 6.61 Å². The average molecular weight is 310 g/mol. The molecule has 0 unspecified atom stereocenters. The van der Waals surface area contributed by atoms with E-state index in [0.29, 0.717) is 17.0 Å². The predicted octanol–water partition coefficient (Wildman–Crippen LogP) is 1.61. The summed E-state index contributed by atoms with van der Waals surface area (Å²) in [6.07, 6.45) is 3.32. The number of benzene rings is 1. The topological polar surface area (TPSA) is 90.1 Å². The lowest BCUT2D eigenvalue weighted by molar-refractivity contribution is 0.0600. The van der Waals surface area contributed by atoms with E-state index in [1.54, 1.807) is 41.3 Å². The first-order chi connectivity index (χ1) is 11.2. The second-order valence-electron chi connectivity index (χ2n) is 4.73. The molecular formula is C16H14N4O3. The Morgan fingerprint density at radius 2 is 1.87 bits per heavy atom. The molecule has 0 saturated heterocycles. The van der Waals surface area contributed by atoms with Gasteiger partial charge in [0.05, 0.1) is 25.0 Å². The van der Waals surface area contributed by atoms with Crippen LogP contribution < -0.4 is 0 Å². The third kappa shape index (κ3) is 2.82. The van der Waals surface area contributed by atoms with Crippen molar-refractivity contribution in [2.24, 2.45) is 0 Å². The zero-order valence-corrected chi connectivity index (χ0v) is 12.4.